The molecule has 1 saturated heterocycles. The number of hydrogen-bond donors (Lipinski definition) is 1. The summed E-state index contributed by atoms with van der Waals surface area (Å²) in [4.78, 5) is 2.31. The minimum atomic E-state index is -0.720. The van der Waals surface area contributed by atoms with Gasteiger partial charge in [-0.05, 0) is 39.5 Å². The van der Waals surface area contributed by atoms with Crippen LogP contribution in [0.1, 0.15) is 33.6 Å². The SMILES string of the molecule is CC(C)(C)C#CC1(O)CN(CC2CC2)C1. The van der Waals surface area contributed by atoms with E-state index < -0.39 is 5.60 Å². The van der Waals surface area contributed by atoms with Crippen LogP contribution < -0.4 is 0 Å². The first-order chi connectivity index (χ1) is 6.86. The third-order valence-electron chi connectivity index (χ3n) is 2.85. The van der Waals surface area contributed by atoms with E-state index in [-0.39, 0.29) is 5.41 Å². The van der Waals surface area contributed by atoms with Gasteiger partial charge in [-0.15, -0.1) is 0 Å². The summed E-state index contributed by atoms with van der Waals surface area (Å²) in [6.45, 7) is 8.87. The van der Waals surface area contributed by atoms with Gasteiger partial charge in [0.25, 0.3) is 0 Å². The highest BCUT2D eigenvalue weighted by Gasteiger charge is 2.41. The van der Waals surface area contributed by atoms with Crippen molar-refractivity contribution in [3.05, 3.63) is 0 Å². The van der Waals surface area contributed by atoms with Gasteiger partial charge < -0.3 is 5.11 Å². The fourth-order valence-electron chi connectivity index (χ4n) is 1.87. The third kappa shape index (κ3) is 3.22. The van der Waals surface area contributed by atoms with Crippen molar-refractivity contribution in [2.75, 3.05) is 19.6 Å². The smallest absolute Gasteiger partial charge is 0.150 e. The molecule has 1 heterocycles. The predicted molar refractivity (Wildman–Crippen MR) is 61.3 cm³/mol. The second kappa shape index (κ2) is 3.50. The molecule has 1 saturated carbocycles. The molecule has 15 heavy (non-hydrogen) atoms. The van der Waals surface area contributed by atoms with E-state index >= 15 is 0 Å². The fraction of sp³-hybridized carbons (Fsp3) is 0.846. The lowest BCUT2D eigenvalue weighted by Crippen LogP contribution is -2.61. The van der Waals surface area contributed by atoms with Crippen LogP contribution in [-0.2, 0) is 0 Å². The Morgan fingerprint density at radius 1 is 1.33 bits per heavy atom. The molecular formula is C13H21NO. The maximum atomic E-state index is 10.1. The zero-order chi connectivity index (χ0) is 11.1. The quantitative estimate of drug-likeness (QED) is 0.694. The van der Waals surface area contributed by atoms with Crippen molar-refractivity contribution in [2.24, 2.45) is 11.3 Å². The summed E-state index contributed by atoms with van der Waals surface area (Å²) < 4.78 is 0. The topological polar surface area (TPSA) is 23.5 Å². The molecule has 0 amide bonds. The van der Waals surface area contributed by atoms with Crippen LogP contribution in [-0.4, -0.2) is 35.2 Å². The molecule has 0 radical (unpaired) electrons. The zero-order valence-electron chi connectivity index (χ0n) is 10.0. The van der Waals surface area contributed by atoms with Crippen LogP contribution >= 0.6 is 0 Å². The number of nitrogens with zero attached hydrogens (tertiary/aromatic N) is 1. The van der Waals surface area contributed by atoms with Crippen LogP contribution in [0.15, 0.2) is 0 Å². The minimum absolute atomic E-state index is 0.00730. The van der Waals surface area contributed by atoms with Gasteiger partial charge in [0, 0.05) is 25.0 Å². The summed E-state index contributed by atoms with van der Waals surface area (Å²) in [7, 11) is 0. The summed E-state index contributed by atoms with van der Waals surface area (Å²) in [6, 6.07) is 0. The van der Waals surface area contributed by atoms with Crippen LogP contribution in [0, 0.1) is 23.2 Å². The molecule has 2 fully saturated rings. The highest BCUT2D eigenvalue weighted by Crippen LogP contribution is 2.33. The maximum Gasteiger partial charge on any atom is 0.150 e. The second-order valence-electron chi connectivity index (χ2n) is 6.14. The van der Waals surface area contributed by atoms with E-state index in [2.05, 4.69) is 37.5 Å². The Balaban J connectivity index is 1.80. The lowest BCUT2D eigenvalue weighted by atomic mass is 9.90. The fourth-order valence-corrected chi connectivity index (χ4v) is 1.87. The Bertz CT molecular complexity index is 295. The Kier molecular flexibility index (Phi) is 2.56. The van der Waals surface area contributed by atoms with Crippen LogP contribution in [0.2, 0.25) is 0 Å². The molecule has 2 heteroatoms. The maximum absolute atomic E-state index is 10.1. The molecule has 0 aromatic rings. The van der Waals surface area contributed by atoms with E-state index in [0.29, 0.717) is 0 Å². The first-order valence-corrected chi connectivity index (χ1v) is 5.85. The Hall–Kier alpha value is -0.520. The first-order valence-electron chi connectivity index (χ1n) is 5.85. The molecule has 0 bridgehead atoms. The van der Waals surface area contributed by atoms with Crippen molar-refractivity contribution >= 4 is 0 Å². The van der Waals surface area contributed by atoms with Crippen molar-refractivity contribution in [3.63, 3.8) is 0 Å². The van der Waals surface area contributed by atoms with Crippen molar-refractivity contribution in [1.29, 1.82) is 0 Å². The Morgan fingerprint density at radius 3 is 2.40 bits per heavy atom. The second-order valence-corrected chi connectivity index (χ2v) is 6.14. The largest absolute Gasteiger partial charge is 0.375 e. The van der Waals surface area contributed by atoms with Crippen molar-refractivity contribution in [1.82, 2.24) is 4.90 Å². The number of aliphatic hydroxyl groups is 1. The molecule has 0 aromatic carbocycles. The highest BCUT2D eigenvalue weighted by atomic mass is 16.3. The van der Waals surface area contributed by atoms with E-state index in [1.54, 1.807) is 0 Å². The van der Waals surface area contributed by atoms with Crippen molar-refractivity contribution in [3.8, 4) is 11.8 Å². The lowest BCUT2D eigenvalue weighted by molar-refractivity contribution is -0.0549. The normalized spacial score (nSPS) is 25.3. The molecule has 84 valence electrons. The van der Waals surface area contributed by atoms with Gasteiger partial charge in [-0.25, -0.2) is 0 Å². The number of hydrogen-bond acceptors (Lipinski definition) is 2. The molecule has 0 unspecified atom stereocenters. The number of β-amino-alcohol motifs (C(OH)–C–C–N with tert-alkyl or cyclic N) is 1. The number of likely N-dealkylation sites (tertiary alicyclic amines) is 1. The van der Waals surface area contributed by atoms with Crippen LogP contribution in [0.3, 0.4) is 0 Å². The van der Waals surface area contributed by atoms with Crippen LogP contribution in [0.4, 0.5) is 0 Å². The summed E-state index contributed by atoms with van der Waals surface area (Å²) in [6.07, 6.45) is 2.76. The molecule has 1 aliphatic carbocycles. The van der Waals surface area contributed by atoms with Gasteiger partial charge in [0.15, 0.2) is 5.60 Å². The molecular weight excluding hydrogens is 186 g/mol. The monoisotopic (exact) mass is 207 g/mol. The van der Waals surface area contributed by atoms with E-state index in [1.165, 1.54) is 19.4 Å². The average molecular weight is 207 g/mol. The average Bonchev–Trinajstić information content (AvgIpc) is 2.80. The molecule has 0 spiro atoms. The van der Waals surface area contributed by atoms with Gasteiger partial charge in [-0.3, -0.25) is 4.90 Å². The van der Waals surface area contributed by atoms with Gasteiger partial charge >= 0.3 is 0 Å². The first kappa shape index (κ1) is 11.0. The molecule has 1 aliphatic heterocycles. The summed E-state index contributed by atoms with van der Waals surface area (Å²) in [5.74, 6) is 7.06. The van der Waals surface area contributed by atoms with Gasteiger partial charge in [0.05, 0.1) is 0 Å². The molecule has 2 rings (SSSR count). The third-order valence-corrected chi connectivity index (χ3v) is 2.85. The molecule has 0 atom stereocenters. The highest BCUT2D eigenvalue weighted by molar-refractivity contribution is 5.23. The van der Waals surface area contributed by atoms with E-state index in [0.717, 1.165) is 19.0 Å². The van der Waals surface area contributed by atoms with Crippen LogP contribution in [0.25, 0.3) is 0 Å². The minimum Gasteiger partial charge on any atom is -0.375 e. The van der Waals surface area contributed by atoms with Gasteiger partial charge in [0.2, 0.25) is 0 Å². The molecule has 2 aliphatic rings. The summed E-state index contributed by atoms with van der Waals surface area (Å²) in [5.41, 5.74) is -0.727. The standard InChI is InChI=1S/C13H21NO/c1-12(2,3)6-7-13(15)9-14(10-13)8-11-4-5-11/h11,15H,4-5,8-10H2,1-3H3. The van der Waals surface area contributed by atoms with Crippen molar-refractivity contribution < 1.29 is 5.11 Å². The summed E-state index contributed by atoms with van der Waals surface area (Å²) >= 11 is 0. The summed E-state index contributed by atoms with van der Waals surface area (Å²) in [5, 5.41) is 10.1. The van der Waals surface area contributed by atoms with E-state index in [4.69, 9.17) is 0 Å². The molecule has 1 N–H and O–H groups in total. The van der Waals surface area contributed by atoms with Crippen molar-refractivity contribution in [2.45, 2.75) is 39.2 Å². The van der Waals surface area contributed by atoms with E-state index in [1.807, 2.05) is 0 Å². The molecule has 0 aromatic heterocycles. The molecule has 2 nitrogen and oxygen atoms in total. The Labute approximate surface area is 92.7 Å². The number of rotatable bonds is 2. The zero-order valence-corrected chi connectivity index (χ0v) is 10.0. The van der Waals surface area contributed by atoms with E-state index in [9.17, 15) is 5.11 Å². The Morgan fingerprint density at radius 2 is 1.93 bits per heavy atom. The van der Waals surface area contributed by atoms with Gasteiger partial charge in [0.1, 0.15) is 0 Å². The van der Waals surface area contributed by atoms with Gasteiger partial charge in [-0.1, -0.05) is 11.8 Å². The lowest BCUT2D eigenvalue weighted by Gasteiger charge is -2.43. The van der Waals surface area contributed by atoms with Gasteiger partial charge in [-0.2, -0.15) is 0 Å². The predicted octanol–water partition coefficient (Wildman–Crippen LogP) is 1.49. The van der Waals surface area contributed by atoms with Crippen LogP contribution in [0.5, 0.6) is 0 Å².